The lowest BCUT2D eigenvalue weighted by molar-refractivity contribution is -0.890. The predicted molar refractivity (Wildman–Crippen MR) is 148 cm³/mol. The summed E-state index contributed by atoms with van der Waals surface area (Å²) in [5.74, 6) is 0. The molecule has 0 spiro atoms. The van der Waals surface area contributed by atoms with Crippen molar-refractivity contribution in [3.8, 4) is 0 Å². The van der Waals surface area contributed by atoms with Crippen molar-refractivity contribution < 1.29 is 35.0 Å². The van der Waals surface area contributed by atoms with Gasteiger partial charge in [0, 0.05) is 0 Å². The number of nitrogens with zero attached hydrogens (tertiary/aromatic N) is 1. The average Bonchev–Trinajstić information content (AvgIpc) is 2.78. The van der Waals surface area contributed by atoms with E-state index in [1.807, 2.05) is 0 Å². The molecule has 0 aliphatic rings. The first-order chi connectivity index (χ1) is 15.5. The molecule has 0 aromatic rings. The number of quaternary nitrogens is 2. The zero-order chi connectivity index (χ0) is 24.2. The van der Waals surface area contributed by atoms with Gasteiger partial charge in [-0.05, 0) is 38.5 Å². The number of halogens is 2. The Morgan fingerprint density at radius 1 is 0.382 bits per heavy atom. The molecule has 0 aliphatic heterocycles. The Bertz CT molecular complexity index is 317. The predicted octanol–water partition coefficient (Wildman–Crippen LogP) is 2.94. The molecular weight excluding hydrogens is 459 g/mol. The van der Waals surface area contributed by atoms with Gasteiger partial charge in [0.1, 0.15) is 0 Å². The molecule has 0 saturated heterocycles. The van der Waals surface area contributed by atoms with Gasteiger partial charge in [-0.25, -0.2) is 0 Å². The smallest absolute Gasteiger partial charge is 0.0782 e. The van der Waals surface area contributed by atoms with Gasteiger partial charge in [0.2, 0.25) is 0 Å². The maximum Gasteiger partial charge on any atom is 0.0782 e. The molecular formula is C30H68Cl2N2. The number of hydrogen-bond acceptors (Lipinski definition) is 0. The molecule has 212 valence electrons. The van der Waals surface area contributed by atoms with E-state index in [-0.39, 0.29) is 24.8 Å². The van der Waals surface area contributed by atoms with Gasteiger partial charge in [0.05, 0.1) is 33.7 Å². The summed E-state index contributed by atoms with van der Waals surface area (Å²) in [4.78, 5) is 0. The van der Waals surface area contributed by atoms with Gasteiger partial charge in [-0.15, -0.1) is 0 Å². The fraction of sp³-hybridized carbons (Fsp3) is 1.00. The van der Waals surface area contributed by atoms with Gasteiger partial charge in [-0.3, -0.25) is 0 Å². The molecule has 0 atom stereocenters. The molecule has 34 heavy (non-hydrogen) atoms. The highest BCUT2D eigenvalue weighted by molar-refractivity contribution is 4.48. The molecule has 0 fully saturated rings. The summed E-state index contributed by atoms with van der Waals surface area (Å²) in [7, 11) is 4.85. The number of unbranched alkanes of at least 4 members (excludes halogenated alkanes) is 19. The molecule has 2 nitrogen and oxygen atoms in total. The highest BCUT2D eigenvalue weighted by Crippen LogP contribution is 2.12. The van der Waals surface area contributed by atoms with E-state index in [4.69, 9.17) is 0 Å². The molecule has 0 aromatic heterocycles. The highest BCUT2D eigenvalue weighted by Gasteiger charge is 2.13. The van der Waals surface area contributed by atoms with E-state index < -0.39 is 0 Å². The number of hydrogen-bond donors (Lipinski definition) is 1. The van der Waals surface area contributed by atoms with Crippen LogP contribution in [0.3, 0.4) is 0 Å². The van der Waals surface area contributed by atoms with Crippen LogP contribution in [0.25, 0.3) is 0 Å². The quantitative estimate of drug-likeness (QED) is 0.148. The van der Waals surface area contributed by atoms with Crippen LogP contribution in [0.2, 0.25) is 0 Å². The minimum Gasteiger partial charge on any atom is -1.00 e. The van der Waals surface area contributed by atoms with Gasteiger partial charge in [-0.2, -0.15) is 0 Å². The van der Waals surface area contributed by atoms with Crippen molar-refractivity contribution in [2.75, 3.05) is 33.7 Å². The van der Waals surface area contributed by atoms with Crippen LogP contribution in [0, 0.1) is 0 Å². The van der Waals surface area contributed by atoms with Crippen LogP contribution in [0.5, 0.6) is 0 Å². The van der Waals surface area contributed by atoms with Gasteiger partial charge in [0.25, 0.3) is 0 Å². The third-order valence-corrected chi connectivity index (χ3v) is 6.84. The molecule has 0 aromatic carbocycles. The van der Waals surface area contributed by atoms with E-state index in [9.17, 15) is 0 Å². The lowest BCUT2D eigenvalue weighted by Crippen LogP contribution is -3.00. The van der Waals surface area contributed by atoms with Gasteiger partial charge < -0.3 is 35.0 Å². The summed E-state index contributed by atoms with van der Waals surface area (Å²) in [6.07, 6.45) is 31.3. The molecule has 0 heterocycles. The Kier molecular flexibility index (Phi) is 43.7. The van der Waals surface area contributed by atoms with Crippen molar-refractivity contribution in [1.82, 2.24) is 0 Å². The minimum atomic E-state index is 0. The molecule has 4 heteroatoms. The summed E-state index contributed by atoms with van der Waals surface area (Å²) in [5, 5.41) is 0. The molecule has 0 amide bonds. The second-order valence-electron chi connectivity index (χ2n) is 11.0. The minimum absolute atomic E-state index is 0. The summed E-state index contributed by atoms with van der Waals surface area (Å²) in [6, 6.07) is 0. The first kappa shape index (κ1) is 41.6. The Hall–Kier alpha value is 0.500. The maximum atomic E-state index is 3.83. The summed E-state index contributed by atoms with van der Waals surface area (Å²) < 4.78 is 1.24. The largest absolute Gasteiger partial charge is 1.00 e. The monoisotopic (exact) mass is 526 g/mol. The zero-order valence-corrected chi connectivity index (χ0v) is 26.1. The third-order valence-electron chi connectivity index (χ3n) is 6.84. The van der Waals surface area contributed by atoms with E-state index in [0.717, 1.165) is 6.54 Å². The van der Waals surface area contributed by atoms with E-state index in [1.165, 1.54) is 159 Å². The van der Waals surface area contributed by atoms with Crippen LogP contribution >= 0.6 is 0 Å². The lowest BCUT2D eigenvalue weighted by atomic mass is 10.1. The zero-order valence-electron chi connectivity index (χ0n) is 24.6. The molecule has 0 unspecified atom stereocenters. The van der Waals surface area contributed by atoms with Crippen molar-refractivity contribution in [3.05, 3.63) is 0 Å². The Labute approximate surface area is 230 Å². The van der Waals surface area contributed by atoms with Gasteiger partial charge in [-0.1, -0.05) is 124 Å². The fourth-order valence-electron chi connectivity index (χ4n) is 4.42. The van der Waals surface area contributed by atoms with E-state index >= 15 is 0 Å². The Balaban J connectivity index is -0.000000296. The van der Waals surface area contributed by atoms with Crippen LogP contribution in [-0.4, -0.2) is 38.2 Å². The highest BCUT2D eigenvalue weighted by atomic mass is 35.5. The maximum absolute atomic E-state index is 3.83. The van der Waals surface area contributed by atoms with Crippen LogP contribution in [-0.2, 0) is 0 Å². The first-order valence-electron chi connectivity index (χ1n) is 15.1. The van der Waals surface area contributed by atoms with Crippen molar-refractivity contribution >= 4 is 0 Å². The molecule has 3 N–H and O–H groups in total. The molecule has 0 bridgehead atoms. The molecule has 0 rings (SSSR count). The van der Waals surface area contributed by atoms with Crippen molar-refractivity contribution in [2.45, 2.75) is 162 Å². The van der Waals surface area contributed by atoms with E-state index in [1.54, 1.807) is 0 Å². The number of rotatable bonds is 24. The summed E-state index contributed by atoms with van der Waals surface area (Å²) in [6.45, 7) is 10.7. The molecule has 0 aliphatic carbocycles. The normalized spacial score (nSPS) is 10.8. The second kappa shape index (κ2) is 35.7. The van der Waals surface area contributed by atoms with Gasteiger partial charge in [0.15, 0.2) is 0 Å². The SMILES string of the molecule is CCCCCCCCCC[N+](C)(C)CCCCCCCC.CCCCCCCCCC[NH3+].[Cl-].[Cl-]. The van der Waals surface area contributed by atoms with E-state index in [0.29, 0.717) is 0 Å². The van der Waals surface area contributed by atoms with Crippen molar-refractivity contribution in [2.24, 2.45) is 0 Å². The standard InChI is InChI=1S/C20H44N.C10H23N.2ClH/c1-5-7-9-11-13-14-16-18-20-21(3,4)19-17-15-12-10-8-6-2;1-2-3-4-5-6-7-8-9-10-11;;/h5-20H2,1-4H3;2-11H2,1H3;2*1H/q+1;;;/p-1. The fourth-order valence-corrected chi connectivity index (χ4v) is 4.42. The second-order valence-corrected chi connectivity index (χ2v) is 11.0. The Morgan fingerprint density at radius 2 is 0.618 bits per heavy atom. The first-order valence-corrected chi connectivity index (χ1v) is 15.1. The van der Waals surface area contributed by atoms with Crippen molar-refractivity contribution in [3.63, 3.8) is 0 Å². The third kappa shape index (κ3) is 39.7. The Morgan fingerprint density at radius 3 is 0.882 bits per heavy atom. The molecule has 0 radical (unpaired) electrons. The van der Waals surface area contributed by atoms with Crippen molar-refractivity contribution in [1.29, 1.82) is 0 Å². The van der Waals surface area contributed by atoms with E-state index in [2.05, 4.69) is 40.6 Å². The van der Waals surface area contributed by atoms with Gasteiger partial charge >= 0.3 is 0 Å². The van der Waals surface area contributed by atoms with Crippen LogP contribution in [0.1, 0.15) is 162 Å². The lowest BCUT2D eigenvalue weighted by Gasteiger charge is -2.30. The topological polar surface area (TPSA) is 27.6 Å². The van der Waals surface area contributed by atoms with Crippen LogP contribution in [0.4, 0.5) is 0 Å². The van der Waals surface area contributed by atoms with Crippen LogP contribution in [0.15, 0.2) is 0 Å². The summed E-state index contributed by atoms with van der Waals surface area (Å²) >= 11 is 0. The summed E-state index contributed by atoms with van der Waals surface area (Å²) in [5.41, 5.74) is 3.83. The molecule has 0 saturated carbocycles. The average molecular weight is 528 g/mol. The van der Waals surface area contributed by atoms with Crippen LogP contribution < -0.4 is 30.5 Å².